The number of aldehydes is 1. The van der Waals surface area contributed by atoms with Crippen LogP contribution in [0.15, 0.2) is 12.3 Å². The molecule has 16 heavy (non-hydrogen) atoms. The van der Waals surface area contributed by atoms with Crippen LogP contribution in [0.25, 0.3) is 0 Å². The van der Waals surface area contributed by atoms with Gasteiger partial charge in [-0.05, 0) is 18.9 Å². The molecule has 1 heterocycles. The Kier molecular flexibility index (Phi) is 3.54. The molecule has 86 valence electrons. The fourth-order valence-electron chi connectivity index (χ4n) is 2.40. The van der Waals surface area contributed by atoms with Gasteiger partial charge in [-0.15, -0.1) is 0 Å². The van der Waals surface area contributed by atoms with Gasteiger partial charge < -0.3 is 4.98 Å². The third-order valence-corrected chi connectivity index (χ3v) is 3.34. The molecule has 1 saturated carbocycles. The molecule has 1 aromatic rings. The molecule has 1 N–H and O–H groups in total. The van der Waals surface area contributed by atoms with Gasteiger partial charge in [0.1, 0.15) is 0 Å². The van der Waals surface area contributed by atoms with Crippen LogP contribution >= 0.6 is 0 Å². The van der Waals surface area contributed by atoms with E-state index in [9.17, 15) is 9.59 Å². The maximum atomic E-state index is 12.1. The van der Waals surface area contributed by atoms with Crippen LogP contribution in [0.2, 0.25) is 0 Å². The number of H-pyrrole nitrogens is 1. The molecule has 3 heteroatoms. The van der Waals surface area contributed by atoms with Gasteiger partial charge in [0, 0.05) is 17.7 Å². The largest absolute Gasteiger partial charge is 0.358 e. The van der Waals surface area contributed by atoms with Gasteiger partial charge in [-0.2, -0.15) is 0 Å². The maximum absolute atomic E-state index is 12.1. The number of hydrogen-bond donors (Lipinski definition) is 1. The Balaban J connectivity index is 2.07. The van der Waals surface area contributed by atoms with Crippen molar-refractivity contribution >= 4 is 12.1 Å². The molecule has 1 aliphatic rings. The minimum atomic E-state index is 0.165. The second-order valence-electron chi connectivity index (χ2n) is 4.51. The molecule has 0 radical (unpaired) electrons. The second kappa shape index (κ2) is 5.10. The summed E-state index contributed by atoms with van der Waals surface area (Å²) in [5.41, 5.74) is 1.14. The normalized spacial score (nSPS) is 18.0. The predicted molar refractivity (Wildman–Crippen MR) is 61.7 cm³/mol. The van der Waals surface area contributed by atoms with Crippen molar-refractivity contribution in [1.82, 2.24) is 4.98 Å². The van der Waals surface area contributed by atoms with Crippen LogP contribution < -0.4 is 0 Å². The molecule has 2 rings (SSSR count). The van der Waals surface area contributed by atoms with Gasteiger partial charge in [-0.25, -0.2) is 0 Å². The monoisotopic (exact) mass is 219 g/mol. The molecule has 3 nitrogen and oxygen atoms in total. The highest BCUT2D eigenvalue weighted by molar-refractivity contribution is 5.98. The van der Waals surface area contributed by atoms with E-state index in [1.54, 1.807) is 12.3 Å². The first-order valence-corrected chi connectivity index (χ1v) is 5.99. The van der Waals surface area contributed by atoms with E-state index in [4.69, 9.17) is 0 Å². The van der Waals surface area contributed by atoms with E-state index in [0.29, 0.717) is 11.3 Å². The maximum Gasteiger partial charge on any atom is 0.167 e. The number of carbonyl (C=O) groups is 2. The van der Waals surface area contributed by atoms with Gasteiger partial charge in [0.05, 0.1) is 5.69 Å². The molecule has 1 aliphatic carbocycles. The van der Waals surface area contributed by atoms with E-state index in [2.05, 4.69) is 4.98 Å². The minimum absolute atomic E-state index is 0.165. The summed E-state index contributed by atoms with van der Waals surface area (Å²) in [7, 11) is 0. The highest BCUT2D eigenvalue weighted by Gasteiger charge is 2.21. The van der Waals surface area contributed by atoms with Gasteiger partial charge in [-0.1, -0.05) is 25.7 Å². The summed E-state index contributed by atoms with van der Waals surface area (Å²) >= 11 is 0. The van der Waals surface area contributed by atoms with E-state index in [0.717, 1.165) is 32.0 Å². The number of aromatic nitrogens is 1. The molecular weight excluding hydrogens is 202 g/mol. The molecular formula is C13H17NO2. The molecule has 0 atom stereocenters. The summed E-state index contributed by atoms with van der Waals surface area (Å²) in [4.78, 5) is 25.5. The van der Waals surface area contributed by atoms with Crippen LogP contribution in [0.4, 0.5) is 0 Å². The number of ketones is 1. The summed E-state index contributed by atoms with van der Waals surface area (Å²) in [5.74, 6) is 0.365. The van der Waals surface area contributed by atoms with Crippen molar-refractivity contribution in [3.05, 3.63) is 23.5 Å². The van der Waals surface area contributed by atoms with Gasteiger partial charge in [0.25, 0.3) is 0 Å². The number of hydrogen-bond acceptors (Lipinski definition) is 2. The first kappa shape index (κ1) is 11.1. The van der Waals surface area contributed by atoms with Gasteiger partial charge >= 0.3 is 0 Å². The first-order chi connectivity index (χ1) is 7.81. The third kappa shape index (κ3) is 2.40. The molecule has 0 unspecified atom stereocenters. The van der Waals surface area contributed by atoms with Crippen LogP contribution in [0.3, 0.4) is 0 Å². The minimum Gasteiger partial charge on any atom is -0.358 e. The van der Waals surface area contributed by atoms with Crippen LogP contribution in [-0.2, 0) is 0 Å². The summed E-state index contributed by atoms with van der Waals surface area (Å²) < 4.78 is 0. The van der Waals surface area contributed by atoms with Crippen molar-refractivity contribution in [2.45, 2.75) is 38.5 Å². The second-order valence-corrected chi connectivity index (χ2v) is 4.51. The van der Waals surface area contributed by atoms with E-state index in [-0.39, 0.29) is 11.7 Å². The summed E-state index contributed by atoms with van der Waals surface area (Å²) in [6.07, 6.45) is 9.19. The first-order valence-electron chi connectivity index (χ1n) is 5.99. The van der Waals surface area contributed by atoms with Gasteiger partial charge in [0.15, 0.2) is 12.1 Å². The van der Waals surface area contributed by atoms with Crippen LogP contribution in [0.5, 0.6) is 0 Å². The zero-order valence-electron chi connectivity index (χ0n) is 9.37. The number of aromatic amines is 1. The Morgan fingerprint density at radius 1 is 1.25 bits per heavy atom. The number of carbonyl (C=O) groups excluding carboxylic acids is 2. The summed E-state index contributed by atoms with van der Waals surface area (Å²) in [5, 5.41) is 0. The van der Waals surface area contributed by atoms with Gasteiger partial charge in [0.2, 0.25) is 0 Å². The lowest BCUT2D eigenvalue weighted by molar-refractivity contribution is 0.0908. The molecule has 1 aromatic heterocycles. The lowest BCUT2D eigenvalue weighted by atomic mass is 9.92. The zero-order valence-corrected chi connectivity index (χ0v) is 9.37. The van der Waals surface area contributed by atoms with E-state index in [1.807, 2.05) is 0 Å². The number of Topliss-reactive ketones (excluding diaryl/α,β-unsaturated/α-hetero) is 1. The Morgan fingerprint density at radius 3 is 2.50 bits per heavy atom. The fourth-order valence-corrected chi connectivity index (χ4v) is 2.40. The standard InChI is InChI=1S/C13H17NO2/c15-9-12-7-11(8-14-12)13(16)10-5-3-1-2-4-6-10/h7-10,14H,1-6H2. The molecule has 0 spiro atoms. The Morgan fingerprint density at radius 2 is 1.94 bits per heavy atom. The molecule has 0 saturated heterocycles. The van der Waals surface area contributed by atoms with Gasteiger partial charge in [-0.3, -0.25) is 9.59 Å². The fraction of sp³-hybridized carbons (Fsp3) is 0.538. The molecule has 0 bridgehead atoms. The zero-order chi connectivity index (χ0) is 11.4. The number of rotatable bonds is 3. The van der Waals surface area contributed by atoms with Crippen LogP contribution in [0.1, 0.15) is 59.4 Å². The Labute approximate surface area is 95.2 Å². The summed E-state index contributed by atoms with van der Waals surface area (Å²) in [6, 6.07) is 1.65. The SMILES string of the molecule is O=Cc1cc(C(=O)C2CCCCCC2)c[nH]1. The van der Waals surface area contributed by atoms with E-state index < -0.39 is 0 Å². The smallest absolute Gasteiger partial charge is 0.167 e. The van der Waals surface area contributed by atoms with Crippen molar-refractivity contribution < 1.29 is 9.59 Å². The highest BCUT2D eigenvalue weighted by atomic mass is 16.1. The lowest BCUT2D eigenvalue weighted by Gasteiger charge is -2.10. The molecule has 0 aliphatic heterocycles. The average Bonchev–Trinajstić information content (AvgIpc) is 2.62. The third-order valence-electron chi connectivity index (χ3n) is 3.34. The lowest BCUT2D eigenvalue weighted by Crippen LogP contribution is -2.13. The van der Waals surface area contributed by atoms with Crippen LogP contribution in [-0.4, -0.2) is 17.1 Å². The molecule has 1 fully saturated rings. The average molecular weight is 219 g/mol. The number of nitrogens with one attached hydrogen (secondary N) is 1. The van der Waals surface area contributed by atoms with E-state index >= 15 is 0 Å². The van der Waals surface area contributed by atoms with Crippen molar-refractivity contribution in [1.29, 1.82) is 0 Å². The Hall–Kier alpha value is -1.38. The summed E-state index contributed by atoms with van der Waals surface area (Å²) in [6.45, 7) is 0. The molecule has 0 aromatic carbocycles. The Bertz CT molecular complexity index is 373. The van der Waals surface area contributed by atoms with Crippen LogP contribution in [0, 0.1) is 5.92 Å². The van der Waals surface area contributed by atoms with Crippen molar-refractivity contribution in [3.8, 4) is 0 Å². The molecule has 0 amide bonds. The van der Waals surface area contributed by atoms with Crippen molar-refractivity contribution in [2.24, 2.45) is 5.92 Å². The van der Waals surface area contributed by atoms with Crippen molar-refractivity contribution in [2.75, 3.05) is 0 Å². The van der Waals surface area contributed by atoms with Crippen molar-refractivity contribution in [3.63, 3.8) is 0 Å². The quantitative estimate of drug-likeness (QED) is 0.482. The topological polar surface area (TPSA) is 49.9 Å². The highest BCUT2D eigenvalue weighted by Crippen LogP contribution is 2.26. The predicted octanol–water partition coefficient (Wildman–Crippen LogP) is 2.98. The van der Waals surface area contributed by atoms with E-state index in [1.165, 1.54) is 12.8 Å².